The van der Waals surface area contributed by atoms with Crippen LogP contribution in [0.3, 0.4) is 0 Å². The van der Waals surface area contributed by atoms with Gasteiger partial charge in [0.1, 0.15) is 5.75 Å². The minimum atomic E-state index is -0.186. The number of carbonyl (C=O) groups is 2. The summed E-state index contributed by atoms with van der Waals surface area (Å²) in [6.45, 7) is 0.543. The van der Waals surface area contributed by atoms with Gasteiger partial charge in [-0.1, -0.05) is 19.3 Å². The van der Waals surface area contributed by atoms with Crippen LogP contribution in [0, 0.1) is 5.92 Å². The number of benzene rings is 1. The minimum absolute atomic E-state index is 0.167. The standard InChI is InChI=1S/C21H22N2O3S/c24-18-10-8-16(9-11-18)22-12-4-7-17(22)13-19-20(25)23(21(26)27-19)14-15-5-2-1-3-6-15/h4,7-13,15,24H,1-3,5-6,14H2/b19-13+. The predicted octanol–water partition coefficient (Wildman–Crippen LogP) is 4.80. The minimum Gasteiger partial charge on any atom is -0.508 e. The first-order valence-electron chi connectivity index (χ1n) is 9.34. The molecule has 0 unspecified atom stereocenters. The first-order valence-corrected chi connectivity index (χ1v) is 10.2. The molecule has 0 spiro atoms. The molecule has 27 heavy (non-hydrogen) atoms. The van der Waals surface area contributed by atoms with Crippen LogP contribution >= 0.6 is 11.8 Å². The SMILES string of the molecule is O=C1S/C(=C/c2cccn2-c2ccc(O)cc2)C(=O)N1CC1CCCCC1. The maximum absolute atomic E-state index is 12.8. The highest BCUT2D eigenvalue weighted by molar-refractivity contribution is 8.18. The molecule has 1 aromatic carbocycles. The van der Waals surface area contributed by atoms with Crippen molar-refractivity contribution in [2.45, 2.75) is 32.1 Å². The first kappa shape index (κ1) is 17.9. The number of aromatic nitrogens is 1. The fourth-order valence-electron chi connectivity index (χ4n) is 3.78. The van der Waals surface area contributed by atoms with Crippen molar-refractivity contribution >= 4 is 29.0 Å². The Labute approximate surface area is 162 Å². The molecule has 1 aromatic heterocycles. The molecule has 2 heterocycles. The fourth-order valence-corrected chi connectivity index (χ4v) is 4.61. The first-order chi connectivity index (χ1) is 13.1. The molecule has 1 saturated carbocycles. The molecule has 0 atom stereocenters. The highest BCUT2D eigenvalue weighted by Gasteiger charge is 2.36. The van der Waals surface area contributed by atoms with Crippen LogP contribution < -0.4 is 0 Å². The van der Waals surface area contributed by atoms with Crippen LogP contribution in [0.4, 0.5) is 4.79 Å². The van der Waals surface area contributed by atoms with E-state index in [1.54, 1.807) is 18.2 Å². The van der Waals surface area contributed by atoms with E-state index in [4.69, 9.17) is 0 Å². The molecule has 140 valence electrons. The average Bonchev–Trinajstić information content (AvgIpc) is 3.24. The number of rotatable bonds is 4. The van der Waals surface area contributed by atoms with Gasteiger partial charge in [-0.05, 0) is 73.0 Å². The molecule has 0 bridgehead atoms. The van der Waals surface area contributed by atoms with Crippen LogP contribution in [0.15, 0.2) is 47.5 Å². The van der Waals surface area contributed by atoms with Gasteiger partial charge in [-0.2, -0.15) is 0 Å². The summed E-state index contributed by atoms with van der Waals surface area (Å²) in [6.07, 6.45) is 9.51. The topological polar surface area (TPSA) is 62.5 Å². The lowest BCUT2D eigenvalue weighted by Crippen LogP contribution is -2.34. The van der Waals surface area contributed by atoms with Crippen LogP contribution in [0.2, 0.25) is 0 Å². The lowest BCUT2D eigenvalue weighted by molar-refractivity contribution is -0.123. The molecule has 1 aliphatic heterocycles. The van der Waals surface area contributed by atoms with Gasteiger partial charge in [0.05, 0.1) is 4.91 Å². The summed E-state index contributed by atoms with van der Waals surface area (Å²) in [5.41, 5.74) is 1.70. The van der Waals surface area contributed by atoms with E-state index in [-0.39, 0.29) is 16.9 Å². The van der Waals surface area contributed by atoms with Crippen LogP contribution in [0.5, 0.6) is 5.75 Å². The van der Waals surface area contributed by atoms with Gasteiger partial charge >= 0.3 is 0 Å². The van der Waals surface area contributed by atoms with Crippen molar-refractivity contribution < 1.29 is 14.7 Å². The molecule has 2 fully saturated rings. The normalized spacial score (nSPS) is 20.0. The summed E-state index contributed by atoms with van der Waals surface area (Å²) in [7, 11) is 0. The van der Waals surface area contributed by atoms with Crippen LogP contribution in [-0.4, -0.2) is 32.3 Å². The van der Waals surface area contributed by atoms with Crippen molar-refractivity contribution in [3.63, 3.8) is 0 Å². The van der Waals surface area contributed by atoms with Gasteiger partial charge in [0.25, 0.3) is 11.1 Å². The van der Waals surface area contributed by atoms with Gasteiger partial charge < -0.3 is 9.67 Å². The zero-order valence-electron chi connectivity index (χ0n) is 15.0. The van der Waals surface area contributed by atoms with Gasteiger partial charge in [-0.15, -0.1) is 0 Å². The Kier molecular flexibility index (Phi) is 5.07. The summed E-state index contributed by atoms with van der Waals surface area (Å²) < 4.78 is 1.93. The maximum Gasteiger partial charge on any atom is 0.293 e. The molecule has 2 aromatic rings. The molecule has 1 saturated heterocycles. The molecular weight excluding hydrogens is 360 g/mol. The molecule has 1 N–H and O–H groups in total. The highest BCUT2D eigenvalue weighted by Crippen LogP contribution is 2.35. The predicted molar refractivity (Wildman–Crippen MR) is 107 cm³/mol. The molecule has 6 heteroatoms. The average molecular weight is 382 g/mol. The molecule has 1 aliphatic carbocycles. The molecule has 2 aliphatic rings. The largest absolute Gasteiger partial charge is 0.508 e. The summed E-state index contributed by atoms with van der Waals surface area (Å²) in [4.78, 5) is 27.0. The van der Waals surface area contributed by atoms with E-state index in [1.165, 1.54) is 24.2 Å². The van der Waals surface area contributed by atoms with Crippen molar-refractivity contribution in [1.82, 2.24) is 9.47 Å². The Morgan fingerprint density at radius 3 is 2.56 bits per heavy atom. The Morgan fingerprint density at radius 2 is 1.81 bits per heavy atom. The third kappa shape index (κ3) is 3.81. The highest BCUT2D eigenvalue weighted by atomic mass is 32.2. The van der Waals surface area contributed by atoms with Crippen molar-refractivity contribution in [3.8, 4) is 11.4 Å². The Hall–Kier alpha value is -2.47. The van der Waals surface area contributed by atoms with E-state index < -0.39 is 0 Å². The Balaban J connectivity index is 1.55. The van der Waals surface area contributed by atoms with E-state index in [2.05, 4.69) is 0 Å². The van der Waals surface area contributed by atoms with Gasteiger partial charge in [0.15, 0.2) is 0 Å². The number of amides is 2. The van der Waals surface area contributed by atoms with Crippen molar-refractivity contribution in [3.05, 3.63) is 53.2 Å². The second-order valence-electron chi connectivity index (χ2n) is 7.12. The van der Waals surface area contributed by atoms with Crippen molar-refractivity contribution in [2.24, 2.45) is 5.92 Å². The second kappa shape index (κ2) is 7.64. The number of phenols is 1. The number of imide groups is 1. The zero-order chi connectivity index (χ0) is 18.8. The third-order valence-electron chi connectivity index (χ3n) is 5.23. The number of carbonyl (C=O) groups excluding carboxylic acids is 2. The van der Waals surface area contributed by atoms with E-state index in [1.807, 2.05) is 35.0 Å². The summed E-state index contributed by atoms with van der Waals surface area (Å²) >= 11 is 1.02. The molecular formula is C21H22N2O3S. The molecule has 4 rings (SSSR count). The number of hydrogen-bond donors (Lipinski definition) is 1. The van der Waals surface area contributed by atoms with E-state index in [0.29, 0.717) is 17.4 Å². The smallest absolute Gasteiger partial charge is 0.293 e. The van der Waals surface area contributed by atoms with Gasteiger partial charge in [0.2, 0.25) is 0 Å². The van der Waals surface area contributed by atoms with Gasteiger partial charge in [-0.3, -0.25) is 14.5 Å². The second-order valence-corrected chi connectivity index (χ2v) is 8.11. The van der Waals surface area contributed by atoms with Crippen molar-refractivity contribution in [1.29, 1.82) is 0 Å². The van der Waals surface area contributed by atoms with Gasteiger partial charge in [-0.25, -0.2) is 0 Å². The molecule has 5 nitrogen and oxygen atoms in total. The summed E-state index contributed by atoms with van der Waals surface area (Å²) in [6, 6.07) is 10.7. The number of phenolic OH excluding ortho intramolecular Hbond substituents is 1. The Bertz CT molecular complexity index is 879. The third-order valence-corrected chi connectivity index (χ3v) is 6.13. The van der Waals surface area contributed by atoms with Crippen LogP contribution in [0.1, 0.15) is 37.8 Å². The lowest BCUT2D eigenvalue weighted by atomic mass is 9.89. The lowest BCUT2D eigenvalue weighted by Gasteiger charge is -2.25. The van der Waals surface area contributed by atoms with E-state index >= 15 is 0 Å². The number of aromatic hydroxyl groups is 1. The Morgan fingerprint density at radius 1 is 1.07 bits per heavy atom. The van der Waals surface area contributed by atoms with Gasteiger partial charge in [0, 0.05) is 24.1 Å². The number of nitrogens with zero attached hydrogens (tertiary/aromatic N) is 2. The van der Waals surface area contributed by atoms with E-state index in [0.717, 1.165) is 36.0 Å². The number of thioether (sulfide) groups is 1. The van der Waals surface area contributed by atoms with E-state index in [9.17, 15) is 14.7 Å². The number of hydrogen-bond acceptors (Lipinski definition) is 4. The monoisotopic (exact) mass is 382 g/mol. The molecule has 2 amide bonds. The summed E-state index contributed by atoms with van der Waals surface area (Å²) in [5, 5.41) is 9.30. The molecule has 0 radical (unpaired) electrons. The maximum atomic E-state index is 12.8. The quantitative estimate of drug-likeness (QED) is 0.772. The van der Waals surface area contributed by atoms with Crippen molar-refractivity contribution in [2.75, 3.05) is 6.54 Å². The zero-order valence-corrected chi connectivity index (χ0v) is 15.8. The van der Waals surface area contributed by atoms with Crippen LogP contribution in [-0.2, 0) is 4.79 Å². The summed E-state index contributed by atoms with van der Waals surface area (Å²) in [5.74, 6) is 0.456. The fraction of sp³-hybridized carbons (Fsp3) is 0.333. The van der Waals surface area contributed by atoms with Crippen LogP contribution in [0.25, 0.3) is 11.8 Å².